The molecule has 6 heteroatoms. The lowest BCUT2D eigenvalue weighted by molar-refractivity contribution is 0.0779. The Bertz CT molecular complexity index is 878. The average Bonchev–Trinajstić information content (AvgIpc) is 3.11. The van der Waals surface area contributed by atoms with Crippen LogP contribution in [0.25, 0.3) is 0 Å². The van der Waals surface area contributed by atoms with Gasteiger partial charge in [0.25, 0.3) is 5.91 Å². The fourth-order valence-electron chi connectivity index (χ4n) is 2.36. The SMILES string of the molecule is Cc1ccc(Sc2ncccc2C(=O)N(C)Cc2cscn2)cc1C. The molecule has 3 aromatic rings. The number of benzene rings is 1. The van der Waals surface area contributed by atoms with Crippen molar-refractivity contribution in [1.82, 2.24) is 14.9 Å². The predicted octanol–water partition coefficient (Wildman–Crippen LogP) is 4.58. The molecule has 1 amide bonds. The highest BCUT2D eigenvalue weighted by molar-refractivity contribution is 7.99. The second-order valence-electron chi connectivity index (χ2n) is 5.85. The van der Waals surface area contributed by atoms with Crippen LogP contribution in [0.2, 0.25) is 0 Å². The second kappa shape index (κ2) is 7.80. The number of rotatable bonds is 5. The average molecular weight is 370 g/mol. The van der Waals surface area contributed by atoms with Crippen molar-refractivity contribution in [3.63, 3.8) is 0 Å². The van der Waals surface area contributed by atoms with E-state index in [1.165, 1.54) is 34.2 Å². The molecule has 0 fully saturated rings. The summed E-state index contributed by atoms with van der Waals surface area (Å²) in [5.74, 6) is -0.0487. The van der Waals surface area contributed by atoms with Crippen LogP contribution in [0.5, 0.6) is 0 Å². The van der Waals surface area contributed by atoms with Gasteiger partial charge in [-0.2, -0.15) is 0 Å². The molecule has 2 heterocycles. The van der Waals surface area contributed by atoms with Gasteiger partial charge in [0.05, 0.1) is 23.3 Å². The fraction of sp³-hybridized carbons (Fsp3) is 0.211. The number of aromatic nitrogens is 2. The van der Waals surface area contributed by atoms with Gasteiger partial charge in [-0.15, -0.1) is 11.3 Å². The van der Waals surface area contributed by atoms with E-state index in [1.807, 2.05) is 11.4 Å². The van der Waals surface area contributed by atoms with E-state index in [2.05, 4.69) is 42.0 Å². The van der Waals surface area contributed by atoms with Gasteiger partial charge in [-0.1, -0.05) is 17.8 Å². The van der Waals surface area contributed by atoms with E-state index in [0.29, 0.717) is 12.1 Å². The summed E-state index contributed by atoms with van der Waals surface area (Å²) in [6.07, 6.45) is 1.72. The van der Waals surface area contributed by atoms with E-state index < -0.39 is 0 Å². The Morgan fingerprint density at radius 1 is 1.20 bits per heavy atom. The smallest absolute Gasteiger partial charge is 0.256 e. The van der Waals surface area contributed by atoms with E-state index in [0.717, 1.165) is 15.6 Å². The van der Waals surface area contributed by atoms with Crippen LogP contribution in [0.4, 0.5) is 0 Å². The van der Waals surface area contributed by atoms with Crippen molar-refractivity contribution < 1.29 is 4.79 Å². The summed E-state index contributed by atoms with van der Waals surface area (Å²) < 4.78 is 0. The molecule has 0 saturated carbocycles. The van der Waals surface area contributed by atoms with Gasteiger partial charge in [0.15, 0.2) is 0 Å². The van der Waals surface area contributed by atoms with Gasteiger partial charge in [0.1, 0.15) is 5.03 Å². The highest BCUT2D eigenvalue weighted by Gasteiger charge is 2.18. The summed E-state index contributed by atoms with van der Waals surface area (Å²) in [7, 11) is 1.79. The van der Waals surface area contributed by atoms with Crippen LogP contribution >= 0.6 is 23.1 Å². The molecule has 0 spiro atoms. The number of thiazole rings is 1. The van der Waals surface area contributed by atoms with Crippen LogP contribution in [0.1, 0.15) is 27.2 Å². The molecular weight excluding hydrogens is 350 g/mol. The number of amides is 1. The van der Waals surface area contributed by atoms with E-state index in [9.17, 15) is 4.79 Å². The van der Waals surface area contributed by atoms with Crippen LogP contribution < -0.4 is 0 Å². The molecule has 0 bridgehead atoms. The number of pyridine rings is 1. The van der Waals surface area contributed by atoms with Crippen LogP contribution in [-0.2, 0) is 6.54 Å². The molecule has 0 N–H and O–H groups in total. The van der Waals surface area contributed by atoms with Crippen LogP contribution in [0, 0.1) is 13.8 Å². The Labute approximate surface area is 155 Å². The predicted molar refractivity (Wildman–Crippen MR) is 102 cm³/mol. The molecule has 0 aliphatic carbocycles. The minimum atomic E-state index is -0.0487. The first-order valence-electron chi connectivity index (χ1n) is 7.87. The summed E-state index contributed by atoms with van der Waals surface area (Å²) in [6.45, 7) is 4.67. The number of carbonyl (C=O) groups excluding carboxylic acids is 1. The Morgan fingerprint density at radius 3 is 2.76 bits per heavy atom. The Morgan fingerprint density at radius 2 is 2.04 bits per heavy atom. The van der Waals surface area contributed by atoms with Gasteiger partial charge in [0.2, 0.25) is 0 Å². The second-order valence-corrected chi connectivity index (χ2v) is 7.63. The Balaban J connectivity index is 1.82. The van der Waals surface area contributed by atoms with Crippen molar-refractivity contribution in [2.24, 2.45) is 0 Å². The highest BCUT2D eigenvalue weighted by Crippen LogP contribution is 2.30. The standard InChI is InChI=1S/C19H19N3OS2/c1-13-6-7-16(9-14(13)2)25-18-17(5-4-8-20-18)19(23)22(3)10-15-11-24-12-21-15/h4-9,11-12H,10H2,1-3H3. The molecule has 25 heavy (non-hydrogen) atoms. The number of nitrogens with zero attached hydrogens (tertiary/aromatic N) is 3. The summed E-state index contributed by atoms with van der Waals surface area (Å²) >= 11 is 3.05. The zero-order valence-electron chi connectivity index (χ0n) is 14.4. The highest BCUT2D eigenvalue weighted by atomic mass is 32.2. The summed E-state index contributed by atoms with van der Waals surface area (Å²) in [6, 6.07) is 9.91. The monoisotopic (exact) mass is 369 g/mol. The largest absolute Gasteiger partial charge is 0.336 e. The molecule has 0 saturated heterocycles. The molecule has 128 valence electrons. The Hall–Kier alpha value is -2.18. The zero-order valence-corrected chi connectivity index (χ0v) is 16.0. The lowest BCUT2D eigenvalue weighted by Gasteiger charge is -2.17. The van der Waals surface area contributed by atoms with Crippen molar-refractivity contribution in [3.05, 3.63) is 69.8 Å². The molecule has 4 nitrogen and oxygen atoms in total. The summed E-state index contributed by atoms with van der Waals surface area (Å²) in [5.41, 5.74) is 5.77. The lowest BCUT2D eigenvalue weighted by atomic mass is 10.1. The number of aryl methyl sites for hydroxylation is 2. The molecule has 0 radical (unpaired) electrons. The Kier molecular flexibility index (Phi) is 5.50. The first kappa shape index (κ1) is 17.6. The molecular formula is C19H19N3OS2. The van der Waals surface area contributed by atoms with Gasteiger partial charge in [-0.3, -0.25) is 4.79 Å². The third-order valence-corrected chi connectivity index (χ3v) is 5.57. The van der Waals surface area contributed by atoms with Gasteiger partial charge >= 0.3 is 0 Å². The minimum absolute atomic E-state index is 0.0487. The van der Waals surface area contributed by atoms with Crippen LogP contribution in [0.3, 0.4) is 0 Å². The van der Waals surface area contributed by atoms with Crippen LogP contribution in [-0.4, -0.2) is 27.8 Å². The topological polar surface area (TPSA) is 46.1 Å². The maximum atomic E-state index is 12.9. The molecule has 0 atom stereocenters. The van der Waals surface area contributed by atoms with E-state index >= 15 is 0 Å². The van der Waals surface area contributed by atoms with Gasteiger partial charge in [0, 0.05) is 23.5 Å². The van der Waals surface area contributed by atoms with E-state index in [1.54, 1.807) is 29.7 Å². The van der Waals surface area contributed by atoms with Crippen molar-refractivity contribution >= 4 is 29.0 Å². The van der Waals surface area contributed by atoms with Gasteiger partial charge in [-0.25, -0.2) is 9.97 Å². The van der Waals surface area contributed by atoms with Gasteiger partial charge < -0.3 is 4.90 Å². The van der Waals surface area contributed by atoms with Gasteiger partial charge in [-0.05, 0) is 49.2 Å². The maximum absolute atomic E-state index is 12.9. The van der Waals surface area contributed by atoms with E-state index in [4.69, 9.17) is 0 Å². The van der Waals surface area contributed by atoms with Crippen molar-refractivity contribution in [1.29, 1.82) is 0 Å². The third kappa shape index (κ3) is 4.27. The van der Waals surface area contributed by atoms with Crippen molar-refractivity contribution in [2.45, 2.75) is 30.3 Å². The van der Waals surface area contributed by atoms with Crippen molar-refractivity contribution in [2.75, 3.05) is 7.05 Å². The lowest BCUT2D eigenvalue weighted by Crippen LogP contribution is -2.27. The fourth-order valence-corrected chi connectivity index (χ4v) is 3.88. The molecule has 3 rings (SSSR count). The number of carbonyl (C=O) groups is 1. The number of hydrogen-bond donors (Lipinski definition) is 0. The molecule has 1 aromatic carbocycles. The minimum Gasteiger partial charge on any atom is -0.336 e. The maximum Gasteiger partial charge on any atom is 0.256 e. The molecule has 0 aliphatic heterocycles. The summed E-state index contributed by atoms with van der Waals surface area (Å²) in [4.78, 5) is 24.3. The normalized spacial score (nSPS) is 10.7. The van der Waals surface area contributed by atoms with Crippen LogP contribution in [0.15, 0.2) is 57.3 Å². The quantitative estimate of drug-likeness (QED) is 0.660. The third-order valence-electron chi connectivity index (χ3n) is 3.92. The molecule has 2 aromatic heterocycles. The zero-order chi connectivity index (χ0) is 17.8. The first-order valence-corrected chi connectivity index (χ1v) is 9.63. The molecule has 0 unspecified atom stereocenters. The molecule has 0 aliphatic rings. The van der Waals surface area contributed by atoms with E-state index in [-0.39, 0.29) is 5.91 Å². The number of hydrogen-bond acceptors (Lipinski definition) is 5. The van der Waals surface area contributed by atoms with Crippen molar-refractivity contribution in [3.8, 4) is 0 Å². The summed E-state index contributed by atoms with van der Waals surface area (Å²) in [5, 5.41) is 2.68. The first-order chi connectivity index (χ1) is 12.0.